The lowest BCUT2D eigenvalue weighted by atomic mass is 9.86. The van der Waals surface area contributed by atoms with E-state index in [0.29, 0.717) is 29.4 Å². The zero-order valence-corrected chi connectivity index (χ0v) is 15.6. The van der Waals surface area contributed by atoms with E-state index < -0.39 is 0 Å². The number of nitrogens with zero attached hydrogens (tertiary/aromatic N) is 5. The maximum Gasteiger partial charge on any atom is 0.272 e. The molecule has 146 valence electrons. The fraction of sp³-hybridized carbons (Fsp3) is 0.444. The van der Waals surface area contributed by atoms with Crippen LogP contribution in [0.1, 0.15) is 43.1 Å². The lowest BCUT2D eigenvalue weighted by Gasteiger charge is -2.29. The Hall–Kier alpha value is -3.30. The highest BCUT2D eigenvalue weighted by atomic mass is 16.2. The molecule has 1 fully saturated rings. The molecule has 0 atom stereocenters. The zero-order valence-electron chi connectivity index (χ0n) is 15.6. The molecule has 3 aromatic rings. The van der Waals surface area contributed by atoms with E-state index in [4.69, 9.17) is 0 Å². The van der Waals surface area contributed by atoms with Crippen molar-refractivity contribution in [2.45, 2.75) is 38.6 Å². The second-order valence-corrected chi connectivity index (χ2v) is 7.10. The van der Waals surface area contributed by atoms with Crippen molar-refractivity contribution in [2.75, 3.05) is 6.54 Å². The number of rotatable bonds is 5. The van der Waals surface area contributed by atoms with Gasteiger partial charge in [0.05, 0.1) is 6.20 Å². The van der Waals surface area contributed by atoms with Gasteiger partial charge in [-0.05, 0) is 31.6 Å². The van der Waals surface area contributed by atoms with Crippen molar-refractivity contribution in [2.24, 2.45) is 5.92 Å². The predicted octanol–water partition coefficient (Wildman–Crippen LogP) is 0.963. The molecule has 3 aromatic heterocycles. The number of imidazole rings is 1. The van der Waals surface area contributed by atoms with Gasteiger partial charge in [-0.1, -0.05) is 0 Å². The van der Waals surface area contributed by atoms with Gasteiger partial charge in [0.1, 0.15) is 17.4 Å². The lowest BCUT2D eigenvalue weighted by Crippen LogP contribution is -2.40. The normalized spacial score (nSPS) is 19.5. The number of fused-ring (bicyclic) bond motifs is 1. The summed E-state index contributed by atoms with van der Waals surface area (Å²) in [4.78, 5) is 36.8. The van der Waals surface area contributed by atoms with E-state index in [1.807, 2.05) is 0 Å². The number of carbonyl (C=O) groups excluding carboxylic acids is 2. The first-order valence-corrected chi connectivity index (χ1v) is 9.35. The molecular formula is C18H22N8O2. The molecule has 3 heterocycles. The summed E-state index contributed by atoms with van der Waals surface area (Å²) in [6, 6.07) is 0.0886. The molecule has 1 aliphatic rings. The van der Waals surface area contributed by atoms with E-state index in [-0.39, 0.29) is 23.6 Å². The predicted molar refractivity (Wildman–Crippen MR) is 101 cm³/mol. The van der Waals surface area contributed by atoms with E-state index in [1.54, 1.807) is 29.5 Å². The highest BCUT2D eigenvalue weighted by Crippen LogP contribution is 2.24. The van der Waals surface area contributed by atoms with E-state index >= 15 is 0 Å². The Labute approximate surface area is 161 Å². The third kappa shape index (κ3) is 3.85. The Balaban J connectivity index is 1.46. The van der Waals surface area contributed by atoms with Gasteiger partial charge < -0.3 is 10.6 Å². The van der Waals surface area contributed by atoms with Crippen LogP contribution in [0.5, 0.6) is 0 Å². The van der Waals surface area contributed by atoms with Crippen molar-refractivity contribution in [3.8, 4) is 5.95 Å². The Bertz CT molecular complexity index is 973. The molecule has 0 aromatic carbocycles. The van der Waals surface area contributed by atoms with Gasteiger partial charge in [0.25, 0.3) is 5.91 Å². The van der Waals surface area contributed by atoms with Gasteiger partial charge in [-0.25, -0.2) is 15.0 Å². The number of amides is 2. The molecule has 2 amide bonds. The summed E-state index contributed by atoms with van der Waals surface area (Å²) in [7, 11) is 0. The monoisotopic (exact) mass is 382 g/mol. The van der Waals surface area contributed by atoms with Crippen LogP contribution < -0.4 is 10.6 Å². The zero-order chi connectivity index (χ0) is 19.5. The van der Waals surface area contributed by atoms with Crippen LogP contribution in [0.4, 0.5) is 0 Å². The summed E-state index contributed by atoms with van der Waals surface area (Å²) in [5, 5.41) is 12.8. The summed E-state index contributed by atoms with van der Waals surface area (Å²) in [6.07, 6.45) is 10.2. The Kier molecular flexibility index (Phi) is 5.00. The van der Waals surface area contributed by atoms with Crippen molar-refractivity contribution >= 4 is 22.8 Å². The molecule has 0 saturated heterocycles. The third-order valence-electron chi connectivity index (χ3n) is 5.06. The largest absolute Gasteiger partial charge is 0.356 e. The standard InChI is InChI=1S/C18H22N8O2/c1-11(27)20-8-12-2-4-13(5-3-12)22-17(28)16-15-14(9-21-25-15)23-18(24-16)26-7-6-19-10-26/h6-7,9-10,12-13H,2-5,8H2,1H3,(H,20,27)(H,21,25)(H,22,28)/t12-,13-. The topological polar surface area (TPSA) is 130 Å². The number of aromatic nitrogens is 6. The average molecular weight is 382 g/mol. The maximum atomic E-state index is 12.9. The Morgan fingerprint density at radius 3 is 2.79 bits per heavy atom. The molecule has 10 nitrogen and oxygen atoms in total. The van der Waals surface area contributed by atoms with E-state index in [1.165, 1.54) is 6.92 Å². The van der Waals surface area contributed by atoms with Gasteiger partial charge in [0.15, 0.2) is 5.69 Å². The number of hydrogen-bond acceptors (Lipinski definition) is 6. The minimum atomic E-state index is -0.247. The van der Waals surface area contributed by atoms with E-state index in [0.717, 1.165) is 25.7 Å². The number of nitrogens with one attached hydrogen (secondary N) is 3. The van der Waals surface area contributed by atoms with Crippen LogP contribution in [-0.2, 0) is 4.79 Å². The summed E-state index contributed by atoms with van der Waals surface area (Å²) in [5.41, 5.74) is 1.36. The van der Waals surface area contributed by atoms with Crippen LogP contribution in [0.2, 0.25) is 0 Å². The van der Waals surface area contributed by atoms with Crippen LogP contribution in [0, 0.1) is 5.92 Å². The molecule has 0 bridgehead atoms. The smallest absolute Gasteiger partial charge is 0.272 e. The molecule has 1 saturated carbocycles. The molecule has 1 aliphatic carbocycles. The molecule has 0 spiro atoms. The van der Waals surface area contributed by atoms with Crippen LogP contribution in [0.15, 0.2) is 24.9 Å². The van der Waals surface area contributed by atoms with E-state index in [9.17, 15) is 9.59 Å². The van der Waals surface area contributed by atoms with Crippen molar-refractivity contribution in [3.63, 3.8) is 0 Å². The van der Waals surface area contributed by atoms with Crippen molar-refractivity contribution in [1.29, 1.82) is 0 Å². The lowest BCUT2D eigenvalue weighted by molar-refractivity contribution is -0.119. The molecule has 4 rings (SSSR count). The number of H-pyrrole nitrogens is 1. The average Bonchev–Trinajstić information content (AvgIpc) is 3.38. The fourth-order valence-corrected chi connectivity index (χ4v) is 3.54. The Morgan fingerprint density at radius 2 is 2.07 bits per heavy atom. The first kappa shape index (κ1) is 18.1. The van der Waals surface area contributed by atoms with Gasteiger partial charge in [0.2, 0.25) is 11.9 Å². The van der Waals surface area contributed by atoms with Crippen molar-refractivity contribution in [1.82, 2.24) is 40.3 Å². The van der Waals surface area contributed by atoms with Gasteiger partial charge in [-0.3, -0.25) is 19.3 Å². The summed E-state index contributed by atoms with van der Waals surface area (Å²) in [6.45, 7) is 2.23. The van der Waals surface area contributed by atoms with Crippen LogP contribution >= 0.6 is 0 Å². The molecular weight excluding hydrogens is 360 g/mol. The number of carbonyl (C=O) groups is 2. The SMILES string of the molecule is CC(=O)NC[C@H]1CC[C@H](NC(=O)c2nc(-n3ccnc3)nc3cn[nH]c23)CC1. The fourth-order valence-electron chi connectivity index (χ4n) is 3.54. The van der Waals surface area contributed by atoms with Crippen LogP contribution in [0.3, 0.4) is 0 Å². The highest BCUT2D eigenvalue weighted by molar-refractivity contribution is 6.02. The minimum Gasteiger partial charge on any atom is -0.356 e. The second kappa shape index (κ2) is 7.75. The molecule has 0 radical (unpaired) electrons. The molecule has 0 aliphatic heterocycles. The number of hydrogen-bond donors (Lipinski definition) is 3. The molecule has 0 unspecified atom stereocenters. The first-order chi connectivity index (χ1) is 13.6. The van der Waals surface area contributed by atoms with Gasteiger partial charge in [-0.15, -0.1) is 0 Å². The van der Waals surface area contributed by atoms with Gasteiger partial charge >= 0.3 is 0 Å². The summed E-state index contributed by atoms with van der Waals surface area (Å²) >= 11 is 0. The third-order valence-corrected chi connectivity index (χ3v) is 5.06. The molecule has 28 heavy (non-hydrogen) atoms. The summed E-state index contributed by atoms with van der Waals surface area (Å²) in [5.74, 6) is 0.582. The number of aromatic amines is 1. The van der Waals surface area contributed by atoms with E-state index in [2.05, 4.69) is 35.8 Å². The van der Waals surface area contributed by atoms with Crippen molar-refractivity contribution < 1.29 is 9.59 Å². The molecule has 3 N–H and O–H groups in total. The maximum absolute atomic E-state index is 12.9. The van der Waals surface area contributed by atoms with Crippen LogP contribution in [0.25, 0.3) is 17.0 Å². The Morgan fingerprint density at radius 1 is 1.25 bits per heavy atom. The van der Waals surface area contributed by atoms with Crippen LogP contribution in [-0.4, -0.2) is 54.1 Å². The second-order valence-electron chi connectivity index (χ2n) is 7.10. The molecule has 10 heteroatoms. The minimum absolute atomic E-state index is 0.00328. The quantitative estimate of drug-likeness (QED) is 0.602. The first-order valence-electron chi connectivity index (χ1n) is 9.35. The highest BCUT2D eigenvalue weighted by Gasteiger charge is 2.25. The van der Waals surface area contributed by atoms with Gasteiger partial charge in [0, 0.05) is 31.9 Å². The summed E-state index contributed by atoms with van der Waals surface area (Å²) < 4.78 is 1.65. The van der Waals surface area contributed by atoms with Gasteiger partial charge in [-0.2, -0.15) is 5.10 Å². The van der Waals surface area contributed by atoms with Crippen molar-refractivity contribution in [3.05, 3.63) is 30.6 Å².